The van der Waals surface area contributed by atoms with Gasteiger partial charge in [-0.2, -0.15) is 0 Å². The van der Waals surface area contributed by atoms with Crippen molar-refractivity contribution in [3.05, 3.63) is 23.8 Å². The number of unbranched alkanes of at least 4 members (excludes halogenated alkanes) is 1. The van der Waals surface area contributed by atoms with Crippen molar-refractivity contribution in [2.45, 2.75) is 26.2 Å². The normalized spacial score (nSPS) is 11.7. The van der Waals surface area contributed by atoms with Gasteiger partial charge < -0.3 is 15.5 Å². The number of hydrogen-bond donors (Lipinski definition) is 3. The lowest BCUT2D eigenvalue weighted by molar-refractivity contribution is 0.387. The third-order valence-corrected chi connectivity index (χ3v) is 3.26. The standard InChI is InChI=1S/C10H16NO3P/c1-2-3-4-8-5-6-10(9(11)7-8)15(12,13)14/h5-7H,2-4,11H2,1H3,(H2,12,13,14). The molecule has 4 N–H and O–H groups in total. The first-order chi connectivity index (χ1) is 6.95. The lowest BCUT2D eigenvalue weighted by atomic mass is 10.1. The van der Waals surface area contributed by atoms with Crippen LogP contribution in [-0.4, -0.2) is 9.79 Å². The monoisotopic (exact) mass is 229 g/mol. The highest BCUT2D eigenvalue weighted by atomic mass is 31.2. The molecule has 84 valence electrons. The highest BCUT2D eigenvalue weighted by molar-refractivity contribution is 7.60. The SMILES string of the molecule is CCCCc1ccc(P(=O)(O)O)c(N)c1. The van der Waals surface area contributed by atoms with Gasteiger partial charge in [0.2, 0.25) is 0 Å². The molecule has 0 saturated carbocycles. The van der Waals surface area contributed by atoms with Crippen molar-refractivity contribution in [2.24, 2.45) is 0 Å². The predicted octanol–water partition coefficient (Wildman–Crippen LogP) is 1.41. The summed E-state index contributed by atoms with van der Waals surface area (Å²) in [5, 5.41) is -0.0808. The molecule has 0 heterocycles. The summed E-state index contributed by atoms with van der Waals surface area (Å²) in [6.45, 7) is 2.09. The Labute approximate surface area is 89.3 Å². The van der Waals surface area contributed by atoms with Crippen LogP contribution < -0.4 is 11.0 Å². The number of hydrogen-bond acceptors (Lipinski definition) is 2. The van der Waals surface area contributed by atoms with E-state index in [0.29, 0.717) is 0 Å². The fraction of sp³-hybridized carbons (Fsp3) is 0.400. The number of rotatable bonds is 4. The van der Waals surface area contributed by atoms with E-state index in [1.54, 1.807) is 12.1 Å². The van der Waals surface area contributed by atoms with E-state index in [2.05, 4.69) is 6.92 Å². The van der Waals surface area contributed by atoms with Crippen LogP contribution in [0, 0.1) is 0 Å². The van der Waals surface area contributed by atoms with Gasteiger partial charge in [-0.15, -0.1) is 0 Å². The molecular formula is C10H16NO3P. The molecule has 0 saturated heterocycles. The first kappa shape index (κ1) is 12.2. The van der Waals surface area contributed by atoms with Gasteiger partial charge in [0.15, 0.2) is 0 Å². The number of aryl methyl sites for hydroxylation is 1. The quantitative estimate of drug-likeness (QED) is 0.538. The van der Waals surface area contributed by atoms with Gasteiger partial charge in [0.25, 0.3) is 0 Å². The fourth-order valence-corrected chi connectivity index (χ4v) is 2.08. The van der Waals surface area contributed by atoms with Crippen molar-refractivity contribution < 1.29 is 14.4 Å². The summed E-state index contributed by atoms with van der Waals surface area (Å²) < 4.78 is 11.0. The largest absolute Gasteiger partial charge is 0.398 e. The van der Waals surface area contributed by atoms with Crippen LogP contribution in [-0.2, 0) is 11.0 Å². The Morgan fingerprint density at radius 3 is 2.53 bits per heavy atom. The zero-order valence-electron chi connectivity index (χ0n) is 8.68. The molecule has 0 unspecified atom stereocenters. The maximum atomic E-state index is 11.0. The van der Waals surface area contributed by atoms with E-state index in [0.717, 1.165) is 24.8 Å². The molecule has 0 fully saturated rings. The molecule has 0 aliphatic heterocycles. The summed E-state index contributed by atoms with van der Waals surface area (Å²) in [6, 6.07) is 4.78. The molecule has 1 aromatic rings. The number of benzene rings is 1. The zero-order chi connectivity index (χ0) is 11.5. The van der Waals surface area contributed by atoms with Crippen molar-refractivity contribution in [3.63, 3.8) is 0 Å². The summed E-state index contributed by atoms with van der Waals surface area (Å²) in [7, 11) is -4.23. The third-order valence-electron chi connectivity index (χ3n) is 2.22. The second-order valence-electron chi connectivity index (χ2n) is 3.54. The molecule has 0 atom stereocenters. The highest BCUT2D eigenvalue weighted by Gasteiger charge is 2.20. The molecule has 1 aromatic carbocycles. The lowest BCUT2D eigenvalue weighted by Gasteiger charge is -2.09. The summed E-state index contributed by atoms with van der Waals surface area (Å²) >= 11 is 0. The van der Waals surface area contributed by atoms with Gasteiger partial charge in [-0.3, -0.25) is 4.57 Å². The van der Waals surface area contributed by atoms with E-state index in [9.17, 15) is 4.57 Å². The maximum Gasteiger partial charge on any atom is 0.358 e. The van der Waals surface area contributed by atoms with E-state index >= 15 is 0 Å². The minimum absolute atomic E-state index is 0.0808. The van der Waals surface area contributed by atoms with Crippen LogP contribution in [0.1, 0.15) is 25.3 Å². The Hall–Kier alpha value is -0.830. The molecule has 15 heavy (non-hydrogen) atoms. The van der Waals surface area contributed by atoms with Crippen LogP contribution in [0.2, 0.25) is 0 Å². The minimum Gasteiger partial charge on any atom is -0.398 e. The van der Waals surface area contributed by atoms with Crippen LogP contribution in [0.25, 0.3) is 0 Å². The second kappa shape index (κ2) is 4.79. The molecule has 0 bridgehead atoms. The lowest BCUT2D eigenvalue weighted by Crippen LogP contribution is -2.10. The van der Waals surface area contributed by atoms with E-state index in [1.165, 1.54) is 6.07 Å². The number of nitrogens with two attached hydrogens (primary N) is 1. The van der Waals surface area contributed by atoms with Gasteiger partial charge in [-0.25, -0.2) is 0 Å². The Morgan fingerprint density at radius 1 is 1.40 bits per heavy atom. The Kier molecular flexibility index (Phi) is 3.91. The molecule has 0 radical (unpaired) electrons. The van der Waals surface area contributed by atoms with Crippen LogP contribution in [0.15, 0.2) is 18.2 Å². The van der Waals surface area contributed by atoms with Gasteiger partial charge in [-0.1, -0.05) is 19.4 Å². The van der Waals surface area contributed by atoms with Crippen molar-refractivity contribution in [2.75, 3.05) is 5.73 Å². The van der Waals surface area contributed by atoms with Crippen LogP contribution in [0.4, 0.5) is 5.69 Å². The van der Waals surface area contributed by atoms with Crippen molar-refractivity contribution in [3.8, 4) is 0 Å². The maximum absolute atomic E-state index is 11.0. The van der Waals surface area contributed by atoms with Crippen LogP contribution in [0.5, 0.6) is 0 Å². The van der Waals surface area contributed by atoms with Crippen molar-refractivity contribution in [1.29, 1.82) is 0 Å². The van der Waals surface area contributed by atoms with Gasteiger partial charge in [0.1, 0.15) is 0 Å². The first-order valence-electron chi connectivity index (χ1n) is 4.89. The Bertz CT molecular complexity index is 386. The fourth-order valence-electron chi connectivity index (χ4n) is 1.41. The molecule has 0 amide bonds. The van der Waals surface area contributed by atoms with Gasteiger partial charge in [-0.05, 0) is 30.5 Å². The average Bonchev–Trinajstić information content (AvgIpc) is 2.12. The van der Waals surface area contributed by atoms with Crippen molar-refractivity contribution >= 4 is 18.6 Å². The predicted molar refractivity (Wildman–Crippen MR) is 61.1 cm³/mol. The molecule has 0 aromatic heterocycles. The topological polar surface area (TPSA) is 83.5 Å². The number of anilines is 1. The van der Waals surface area contributed by atoms with Gasteiger partial charge in [0.05, 0.1) is 5.30 Å². The first-order valence-corrected chi connectivity index (χ1v) is 6.51. The average molecular weight is 229 g/mol. The summed E-state index contributed by atoms with van der Waals surface area (Å²) in [6.07, 6.45) is 3.02. The Morgan fingerprint density at radius 2 is 2.07 bits per heavy atom. The smallest absolute Gasteiger partial charge is 0.358 e. The molecule has 4 nitrogen and oxygen atoms in total. The minimum atomic E-state index is -4.23. The third kappa shape index (κ3) is 3.34. The van der Waals surface area contributed by atoms with E-state index < -0.39 is 7.60 Å². The van der Waals surface area contributed by atoms with Gasteiger partial charge in [0, 0.05) is 5.69 Å². The summed E-state index contributed by atoms with van der Waals surface area (Å²) in [4.78, 5) is 17.9. The number of nitrogen functional groups attached to an aromatic ring is 1. The molecule has 0 spiro atoms. The van der Waals surface area contributed by atoms with E-state index in [1.807, 2.05) is 0 Å². The molecule has 0 aliphatic carbocycles. The molecule has 1 rings (SSSR count). The summed E-state index contributed by atoms with van der Waals surface area (Å²) in [5.74, 6) is 0. The van der Waals surface area contributed by atoms with Crippen molar-refractivity contribution in [1.82, 2.24) is 0 Å². The van der Waals surface area contributed by atoms with E-state index in [-0.39, 0.29) is 11.0 Å². The van der Waals surface area contributed by atoms with Gasteiger partial charge >= 0.3 is 7.60 Å². The van der Waals surface area contributed by atoms with E-state index in [4.69, 9.17) is 15.5 Å². The summed E-state index contributed by atoms with van der Waals surface area (Å²) in [5.41, 5.74) is 6.78. The molecule has 0 aliphatic rings. The zero-order valence-corrected chi connectivity index (χ0v) is 9.58. The molecular weight excluding hydrogens is 213 g/mol. The Balaban J connectivity index is 2.94. The highest BCUT2D eigenvalue weighted by Crippen LogP contribution is 2.35. The second-order valence-corrected chi connectivity index (χ2v) is 5.11. The molecule has 5 heteroatoms. The van der Waals surface area contributed by atoms with Crippen LogP contribution in [0.3, 0.4) is 0 Å². The van der Waals surface area contributed by atoms with Crippen LogP contribution >= 0.6 is 7.60 Å².